The van der Waals surface area contributed by atoms with Crippen LogP contribution in [0.2, 0.25) is 0 Å². The Hall–Kier alpha value is -3.95. The lowest BCUT2D eigenvalue weighted by atomic mass is 9.97. The Balaban J connectivity index is 1.35. The number of hydrogen-bond acceptors (Lipinski definition) is 8. The van der Waals surface area contributed by atoms with Crippen LogP contribution in [0.3, 0.4) is 0 Å². The van der Waals surface area contributed by atoms with Crippen LogP contribution in [0.15, 0.2) is 46.9 Å². The molecule has 1 saturated heterocycles. The van der Waals surface area contributed by atoms with Crippen LogP contribution >= 0.6 is 0 Å². The highest BCUT2D eigenvalue weighted by molar-refractivity contribution is 5.98. The molecule has 3 heterocycles. The summed E-state index contributed by atoms with van der Waals surface area (Å²) >= 11 is 0. The molecular weight excluding hydrogens is 404 g/mol. The van der Waals surface area contributed by atoms with Crippen molar-refractivity contribution in [2.45, 2.75) is 18.8 Å². The molecule has 0 aliphatic carbocycles. The lowest BCUT2D eigenvalue weighted by Gasteiger charge is -2.31. The number of aromatic nitrogens is 2. The van der Waals surface area contributed by atoms with Gasteiger partial charge in [-0.1, -0.05) is 12.1 Å². The number of rotatable bonds is 4. The molecule has 0 bridgehead atoms. The third-order valence-electron chi connectivity index (χ3n) is 5.45. The number of ether oxygens (including phenoxy) is 2. The predicted molar refractivity (Wildman–Crippen MR) is 107 cm³/mol. The molecule has 0 N–H and O–H groups in total. The first kappa shape index (κ1) is 19.0. The first-order valence-corrected chi connectivity index (χ1v) is 9.86. The molecule has 1 unspecified atom stereocenters. The fraction of sp³-hybridized carbons (Fsp3) is 0.286. The van der Waals surface area contributed by atoms with E-state index in [0.29, 0.717) is 41.9 Å². The number of nitrogens with zero attached hydrogens (tertiary/aromatic N) is 4. The molecule has 0 spiro atoms. The lowest BCUT2D eigenvalue weighted by Crippen LogP contribution is -2.39. The van der Waals surface area contributed by atoms with Crippen LogP contribution in [-0.2, 0) is 0 Å². The highest BCUT2D eigenvalue weighted by Crippen LogP contribution is 2.36. The number of carbonyl (C=O) groups is 1. The van der Waals surface area contributed by atoms with Gasteiger partial charge in [-0.3, -0.25) is 14.9 Å². The molecule has 1 aromatic heterocycles. The summed E-state index contributed by atoms with van der Waals surface area (Å²) in [7, 11) is 0. The maximum atomic E-state index is 13.0. The van der Waals surface area contributed by atoms with Crippen molar-refractivity contribution in [3.8, 4) is 23.0 Å². The number of piperidine rings is 1. The largest absolute Gasteiger partial charge is 0.454 e. The van der Waals surface area contributed by atoms with Crippen LogP contribution in [-0.4, -0.2) is 45.8 Å². The zero-order valence-corrected chi connectivity index (χ0v) is 16.4. The summed E-state index contributed by atoms with van der Waals surface area (Å²) in [5.41, 5.74) is 0.601. The van der Waals surface area contributed by atoms with Gasteiger partial charge in [-0.25, -0.2) is 0 Å². The topological polar surface area (TPSA) is 121 Å². The molecule has 158 valence electrons. The number of para-hydroxylation sites is 1. The first-order valence-electron chi connectivity index (χ1n) is 9.86. The fourth-order valence-corrected chi connectivity index (χ4v) is 3.89. The number of hydrogen-bond donors (Lipinski definition) is 0. The minimum absolute atomic E-state index is 0.0831. The molecule has 1 amide bonds. The molecule has 10 nitrogen and oxygen atoms in total. The van der Waals surface area contributed by atoms with E-state index in [1.165, 1.54) is 12.1 Å². The van der Waals surface area contributed by atoms with E-state index < -0.39 is 4.92 Å². The zero-order valence-electron chi connectivity index (χ0n) is 16.4. The third-order valence-corrected chi connectivity index (χ3v) is 5.45. The highest BCUT2D eigenvalue weighted by atomic mass is 16.7. The number of benzene rings is 2. The Bertz CT molecular complexity index is 1160. The van der Waals surface area contributed by atoms with E-state index in [9.17, 15) is 14.9 Å². The molecule has 1 fully saturated rings. The van der Waals surface area contributed by atoms with Gasteiger partial charge >= 0.3 is 0 Å². The minimum Gasteiger partial charge on any atom is -0.454 e. The minimum atomic E-state index is -0.537. The molecule has 0 saturated carbocycles. The van der Waals surface area contributed by atoms with Gasteiger partial charge in [-0.15, -0.1) is 10.2 Å². The van der Waals surface area contributed by atoms with Crippen LogP contribution in [0.5, 0.6) is 11.5 Å². The Kier molecular flexibility index (Phi) is 4.73. The summed E-state index contributed by atoms with van der Waals surface area (Å²) in [5.74, 6) is 1.57. The summed E-state index contributed by atoms with van der Waals surface area (Å²) in [6, 6.07) is 11.4. The van der Waals surface area contributed by atoms with Gasteiger partial charge in [0, 0.05) is 24.7 Å². The molecule has 2 aromatic carbocycles. The number of amides is 1. The van der Waals surface area contributed by atoms with Crippen LogP contribution in [0.25, 0.3) is 11.5 Å². The average Bonchev–Trinajstić information content (AvgIpc) is 3.48. The normalized spacial score (nSPS) is 17.5. The van der Waals surface area contributed by atoms with Gasteiger partial charge in [0.05, 0.1) is 10.8 Å². The van der Waals surface area contributed by atoms with Crippen LogP contribution in [0, 0.1) is 10.1 Å². The molecule has 31 heavy (non-hydrogen) atoms. The lowest BCUT2D eigenvalue weighted by molar-refractivity contribution is -0.385. The summed E-state index contributed by atoms with van der Waals surface area (Å²) in [4.78, 5) is 25.3. The quantitative estimate of drug-likeness (QED) is 0.463. The van der Waals surface area contributed by atoms with Gasteiger partial charge in [0.1, 0.15) is 5.56 Å². The molecule has 5 rings (SSSR count). The van der Waals surface area contributed by atoms with Gasteiger partial charge in [0.15, 0.2) is 11.5 Å². The summed E-state index contributed by atoms with van der Waals surface area (Å²) in [6.07, 6.45) is 1.52. The molecule has 1 atom stereocenters. The van der Waals surface area contributed by atoms with Gasteiger partial charge in [-0.2, -0.15) is 0 Å². The Labute approximate surface area is 176 Å². The fourth-order valence-electron chi connectivity index (χ4n) is 3.89. The Morgan fingerprint density at radius 3 is 2.84 bits per heavy atom. The maximum absolute atomic E-state index is 13.0. The predicted octanol–water partition coefficient (Wildman–Crippen LogP) is 3.39. The van der Waals surface area contributed by atoms with Crippen molar-refractivity contribution in [1.82, 2.24) is 15.1 Å². The highest BCUT2D eigenvalue weighted by Gasteiger charge is 2.31. The van der Waals surface area contributed by atoms with Crippen LogP contribution in [0.4, 0.5) is 5.69 Å². The number of nitro benzene ring substituents is 1. The smallest absolute Gasteiger partial charge is 0.282 e. The second-order valence-electron chi connectivity index (χ2n) is 7.38. The third kappa shape index (κ3) is 3.56. The second kappa shape index (κ2) is 7.71. The molecule has 0 radical (unpaired) electrons. The van der Waals surface area contributed by atoms with E-state index in [1.807, 2.05) is 6.07 Å². The van der Waals surface area contributed by atoms with Crippen molar-refractivity contribution in [2.24, 2.45) is 0 Å². The van der Waals surface area contributed by atoms with E-state index in [1.54, 1.807) is 29.2 Å². The standard InChI is InChI=1S/C21H18N4O6/c26-21(15-5-1-2-6-16(15)25(27)28)24-9-3-4-14(11-24)20-23-22-19(31-20)13-7-8-17-18(10-13)30-12-29-17/h1-2,5-8,10,14H,3-4,9,11-12H2. The maximum Gasteiger partial charge on any atom is 0.282 e. The zero-order chi connectivity index (χ0) is 21.4. The van der Waals surface area contributed by atoms with E-state index in [2.05, 4.69) is 10.2 Å². The van der Waals surface area contributed by atoms with Crippen molar-refractivity contribution in [3.05, 3.63) is 64.0 Å². The van der Waals surface area contributed by atoms with E-state index in [4.69, 9.17) is 13.9 Å². The number of fused-ring (bicyclic) bond motifs is 1. The van der Waals surface area contributed by atoms with Gasteiger partial charge in [-0.05, 0) is 37.1 Å². The Morgan fingerprint density at radius 1 is 1.13 bits per heavy atom. The number of nitro groups is 1. The molecule has 2 aliphatic rings. The average molecular weight is 422 g/mol. The Morgan fingerprint density at radius 2 is 1.97 bits per heavy atom. The summed E-state index contributed by atoms with van der Waals surface area (Å²) in [5, 5.41) is 19.6. The monoisotopic (exact) mass is 422 g/mol. The molecule has 10 heteroatoms. The van der Waals surface area contributed by atoms with Crippen LogP contribution in [0.1, 0.15) is 35.0 Å². The second-order valence-corrected chi connectivity index (χ2v) is 7.38. The number of likely N-dealkylation sites (tertiary alicyclic amines) is 1. The van der Waals surface area contributed by atoms with Gasteiger partial charge in [0.2, 0.25) is 18.6 Å². The van der Waals surface area contributed by atoms with Crippen molar-refractivity contribution in [3.63, 3.8) is 0 Å². The molecule has 3 aromatic rings. The van der Waals surface area contributed by atoms with Crippen LogP contribution < -0.4 is 9.47 Å². The number of carbonyl (C=O) groups excluding carboxylic acids is 1. The van der Waals surface area contributed by atoms with Gasteiger partial charge in [0.25, 0.3) is 11.6 Å². The SMILES string of the molecule is O=C(c1ccccc1[N+](=O)[O-])N1CCCC(c2nnc(-c3ccc4c(c3)OCO4)o2)C1. The summed E-state index contributed by atoms with van der Waals surface area (Å²) in [6.45, 7) is 1.05. The van der Waals surface area contributed by atoms with E-state index in [0.717, 1.165) is 12.8 Å². The van der Waals surface area contributed by atoms with Crippen molar-refractivity contribution in [2.75, 3.05) is 19.9 Å². The molecule has 2 aliphatic heterocycles. The van der Waals surface area contributed by atoms with Crippen molar-refractivity contribution < 1.29 is 23.6 Å². The summed E-state index contributed by atoms with van der Waals surface area (Å²) < 4.78 is 16.6. The first-order chi connectivity index (χ1) is 15.1. The van der Waals surface area contributed by atoms with Crippen molar-refractivity contribution >= 4 is 11.6 Å². The van der Waals surface area contributed by atoms with E-state index in [-0.39, 0.29) is 29.9 Å². The van der Waals surface area contributed by atoms with Gasteiger partial charge < -0.3 is 18.8 Å². The van der Waals surface area contributed by atoms with Crippen molar-refractivity contribution in [1.29, 1.82) is 0 Å². The van der Waals surface area contributed by atoms with E-state index >= 15 is 0 Å². The molecular formula is C21H18N4O6.